The molecule has 0 aromatic carbocycles. The molecule has 0 saturated carbocycles. The van der Waals surface area contributed by atoms with Gasteiger partial charge in [-0.2, -0.15) is 0 Å². The molecular formula is C22H16O3. The van der Waals surface area contributed by atoms with Crippen LogP contribution in [0.4, 0.5) is 0 Å². The first-order valence-electron chi connectivity index (χ1n) is 8.37. The van der Waals surface area contributed by atoms with Crippen LogP contribution in [0, 0.1) is 0 Å². The average molecular weight is 328 g/mol. The van der Waals surface area contributed by atoms with Crippen molar-refractivity contribution in [3.05, 3.63) is 96.5 Å². The number of allylic oxidation sites excluding steroid dienone is 8. The molecule has 0 amide bonds. The first-order chi connectivity index (χ1) is 12.4. The molecule has 3 aromatic heterocycles. The Balaban J connectivity index is 1.40. The van der Waals surface area contributed by atoms with Gasteiger partial charge in [-0.15, -0.1) is 0 Å². The topological polar surface area (TPSA) is 39.4 Å². The number of hydrogen-bond acceptors (Lipinski definition) is 3. The van der Waals surface area contributed by atoms with Gasteiger partial charge in [-0.3, -0.25) is 0 Å². The lowest BCUT2D eigenvalue weighted by atomic mass is 10.1. The fraction of sp³-hybridized carbons (Fsp3) is 0.0909. The second kappa shape index (κ2) is 5.71. The molecule has 0 spiro atoms. The first-order valence-corrected chi connectivity index (χ1v) is 8.37. The highest BCUT2D eigenvalue weighted by atomic mass is 16.4. The van der Waals surface area contributed by atoms with Crippen molar-refractivity contribution in [1.29, 1.82) is 0 Å². The van der Waals surface area contributed by atoms with Crippen molar-refractivity contribution in [2.24, 2.45) is 0 Å². The van der Waals surface area contributed by atoms with E-state index in [4.69, 9.17) is 13.3 Å². The van der Waals surface area contributed by atoms with E-state index < -0.39 is 0 Å². The van der Waals surface area contributed by atoms with Crippen LogP contribution in [-0.4, -0.2) is 0 Å². The monoisotopic (exact) mass is 328 g/mol. The fourth-order valence-electron chi connectivity index (χ4n) is 3.17. The van der Waals surface area contributed by atoms with E-state index in [0.717, 1.165) is 23.0 Å². The summed E-state index contributed by atoms with van der Waals surface area (Å²) in [6.07, 6.45) is 16.5. The van der Waals surface area contributed by atoms with E-state index in [1.807, 2.05) is 60.7 Å². The maximum atomic E-state index is 5.95. The minimum atomic E-state index is 0.211. The Bertz CT molecular complexity index is 915. The summed E-state index contributed by atoms with van der Waals surface area (Å²) in [5.41, 5.74) is 0. The standard InChI is InChI=1S/C22H16O3/c1-2-6-15(5-1)17-9-11-19(23-17)21-13-14-22(25-21)20-12-10-18(24-20)16-7-3-4-8-16/h1-16H. The Kier molecular flexibility index (Phi) is 3.23. The molecule has 0 fully saturated rings. The smallest absolute Gasteiger partial charge is 0.170 e. The maximum Gasteiger partial charge on any atom is 0.170 e. The van der Waals surface area contributed by atoms with E-state index in [2.05, 4.69) is 24.3 Å². The van der Waals surface area contributed by atoms with Crippen molar-refractivity contribution in [2.45, 2.75) is 11.8 Å². The number of hydrogen-bond donors (Lipinski definition) is 0. The van der Waals surface area contributed by atoms with Gasteiger partial charge in [-0.25, -0.2) is 0 Å². The Labute approximate surface area is 145 Å². The quantitative estimate of drug-likeness (QED) is 0.571. The highest BCUT2D eigenvalue weighted by molar-refractivity contribution is 5.59. The van der Waals surface area contributed by atoms with E-state index in [1.54, 1.807) is 0 Å². The molecule has 5 rings (SSSR count). The molecule has 0 bridgehead atoms. The molecular weight excluding hydrogens is 312 g/mol. The average Bonchev–Trinajstić information content (AvgIpc) is 3.48. The van der Waals surface area contributed by atoms with Crippen LogP contribution in [-0.2, 0) is 0 Å². The zero-order valence-corrected chi connectivity index (χ0v) is 13.5. The predicted molar refractivity (Wildman–Crippen MR) is 96.2 cm³/mol. The van der Waals surface area contributed by atoms with Crippen LogP contribution in [0.25, 0.3) is 23.0 Å². The molecule has 3 heterocycles. The van der Waals surface area contributed by atoms with Gasteiger partial charge in [0.15, 0.2) is 23.0 Å². The summed E-state index contributed by atoms with van der Waals surface area (Å²) in [6, 6.07) is 11.7. The Morgan fingerprint density at radius 3 is 1.24 bits per heavy atom. The van der Waals surface area contributed by atoms with Gasteiger partial charge in [-0.05, 0) is 36.4 Å². The molecule has 3 aromatic rings. The van der Waals surface area contributed by atoms with Crippen LogP contribution in [0.5, 0.6) is 0 Å². The zero-order valence-electron chi connectivity index (χ0n) is 13.5. The lowest BCUT2D eigenvalue weighted by Crippen LogP contribution is -1.83. The van der Waals surface area contributed by atoms with Gasteiger partial charge in [0.05, 0.1) is 11.8 Å². The van der Waals surface area contributed by atoms with E-state index >= 15 is 0 Å². The summed E-state index contributed by atoms with van der Waals surface area (Å²) in [7, 11) is 0. The lowest BCUT2D eigenvalue weighted by molar-refractivity contribution is 0.478. The van der Waals surface area contributed by atoms with Crippen molar-refractivity contribution in [3.63, 3.8) is 0 Å². The van der Waals surface area contributed by atoms with E-state index in [9.17, 15) is 0 Å². The maximum absolute atomic E-state index is 5.95. The third kappa shape index (κ3) is 2.54. The summed E-state index contributed by atoms with van der Waals surface area (Å²) >= 11 is 0. The molecule has 0 atom stereocenters. The molecule has 3 nitrogen and oxygen atoms in total. The third-order valence-corrected chi connectivity index (χ3v) is 4.50. The second-order valence-electron chi connectivity index (χ2n) is 6.16. The van der Waals surface area contributed by atoms with Crippen molar-refractivity contribution in [2.75, 3.05) is 0 Å². The lowest BCUT2D eigenvalue weighted by Gasteiger charge is -2.00. The molecule has 3 heteroatoms. The van der Waals surface area contributed by atoms with Gasteiger partial charge < -0.3 is 13.3 Å². The molecule has 0 aliphatic heterocycles. The largest absolute Gasteiger partial charge is 0.457 e. The first kappa shape index (κ1) is 14.2. The molecule has 0 radical (unpaired) electrons. The van der Waals surface area contributed by atoms with E-state index in [-0.39, 0.29) is 11.8 Å². The Morgan fingerprint density at radius 1 is 0.440 bits per heavy atom. The van der Waals surface area contributed by atoms with E-state index in [1.165, 1.54) is 0 Å². The summed E-state index contributed by atoms with van der Waals surface area (Å²) < 4.78 is 17.8. The van der Waals surface area contributed by atoms with Gasteiger partial charge in [0, 0.05) is 0 Å². The normalized spacial score (nSPS) is 16.6. The zero-order chi connectivity index (χ0) is 16.6. The van der Waals surface area contributed by atoms with Crippen LogP contribution < -0.4 is 0 Å². The van der Waals surface area contributed by atoms with Crippen molar-refractivity contribution >= 4 is 0 Å². The fourth-order valence-corrected chi connectivity index (χ4v) is 3.17. The van der Waals surface area contributed by atoms with E-state index in [0.29, 0.717) is 11.5 Å². The minimum Gasteiger partial charge on any atom is -0.457 e. The molecule has 2 aliphatic rings. The van der Waals surface area contributed by atoms with Crippen LogP contribution in [0.1, 0.15) is 23.4 Å². The molecule has 25 heavy (non-hydrogen) atoms. The molecule has 0 N–H and O–H groups in total. The predicted octanol–water partition coefficient (Wildman–Crippen LogP) is 6.22. The van der Waals surface area contributed by atoms with Crippen LogP contribution in [0.3, 0.4) is 0 Å². The SMILES string of the molecule is C1=CC(c2ccc(-c3ccc(-c4ccc(C5C=CC=C5)o4)o3)o2)C=C1. The van der Waals surface area contributed by atoms with Crippen LogP contribution >= 0.6 is 0 Å². The molecule has 122 valence electrons. The van der Waals surface area contributed by atoms with Crippen LogP contribution in [0.15, 0.2) is 98.3 Å². The van der Waals surface area contributed by atoms with Gasteiger partial charge in [-0.1, -0.05) is 48.6 Å². The highest BCUT2D eigenvalue weighted by Crippen LogP contribution is 2.34. The second-order valence-corrected chi connectivity index (χ2v) is 6.16. The molecule has 2 aliphatic carbocycles. The molecule has 0 unspecified atom stereocenters. The Morgan fingerprint density at radius 2 is 0.800 bits per heavy atom. The number of rotatable bonds is 4. The summed E-state index contributed by atoms with van der Waals surface area (Å²) in [4.78, 5) is 0. The van der Waals surface area contributed by atoms with Gasteiger partial charge in [0.1, 0.15) is 11.5 Å². The minimum absolute atomic E-state index is 0.211. The van der Waals surface area contributed by atoms with Crippen molar-refractivity contribution in [1.82, 2.24) is 0 Å². The summed E-state index contributed by atoms with van der Waals surface area (Å²) in [5, 5.41) is 0. The van der Waals surface area contributed by atoms with Gasteiger partial charge in [0.2, 0.25) is 0 Å². The summed E-state index contributed by atoms with van der Waals surface area (Å²) in [6.45, 7) is 0. The highest BCUT2D eigenvalue weighted by Gasteiger charge is 2.17. The van der Waals surface area contributed by atoms with Gasteiger partial charge in [0.25, 0.3) is 0 Å². The molecule has 0 saturated heterocycles. The van der Waals surface area contributed by atoms with Crippen molar-refractivity contribution in [3.8, 4) is 23.0 Å². The Hall–Kier alpha value is -3.20. The van der Waals surface area contributed by atoms with Crippen LogP contribution in [0.2, 0.25) is 0 Å². The van der Waals surface area contributed by atoms with Gasteiger partial charge >= 0.3 is 0 Å². The third-order valence-electron chi connectivity index (χ3n) is 4.50. The van der Waals surface area contributed by atoms with Crippen molar-refractivity contribution < 1.29 is 13.3 Å². The number of furan rings is 3. The summed E-state index contributed by atoms with van der Waals surface area (Å²) in [5.74, 6) is 5.10.